The second-order valence-electron chi connectivity index (χ2n) is 4.15. The lowest BCUT2D eigenvalue weighted by Crippen LogP contribution is -2.25. The number of hydrogen-bond acceptors (Lipinski definition) is 3. The van der Waals surface area contributed by atoms with E-state index >= 15 is 0 Å². The maximum absolute atomic E-state index is 11.6. The van der Waals surface area contributed by atoms with Gasteiger partial charge in [-0.3, -0.25) is 4.79 Å². The smallest absolute Gasteiger partial charge is 0.287 e. The predicted molar refractivity (Wildman–Crippen MR) is 56.2 cm³/mol. The lowest BCUT2D eigenvalue weighted by atomic mass is 10.3. The average Bonchev–Trinajstić information content (AvgIpc) is 2.78. The summed E-state index contributed by atoms with van der Waals surface area (Å²) in [7, 11) is 0. The Hall–Kier alpha value is -1.29. The van der Waals surface area contributed by atoms with Crippen LogP contribution in [-0.2, 0) is 6.54 Å². The minimum absolute atomic E-state index is 0.145. The first kappa shape index (κ1) is 10.2. The molecule has 3 N–H and O–H groups in total. The van der Waals surface area contributed by atoms with Crippen molar-refractivity contribution >= 4 is 5.91 Å². The maximum atomic E-state index is 11.6. The van der Waals surface area contributed by atoms with Crippen LogP contribution in [0.4, 0.5) is 0 Å². The summed E-state index contributed by atoms with van der Waals surface area (Å²) in [4.78, 5) is 11.6. The number of furan rings is 1. The van der Waals surface area contributed by atoms with Crippen LogP contribution >= 0.6 is 0 Å². The highest BCUT2D eigenvalue weighted by molar-refractivity contribution is 5.91. The molecule has 1 heterocycles. The molecule has 2 rings (SSSR count). The second kappa shape index (κ2) is 4.06. The Morgan fingerprint density at radius 3 is 2.93 bits per heavy atom. The van der Waals surface area contributed by atoms with Crippen LogP contribution in [0.2, 0.25) is 0 Å². The van der Waals surface area contributed by atoms with Crippen LogP contribution in [0, 0.1) is 11.8 Å². The van der Waals surface area contributed by atoms with Crippen molar-refractivity contribution in [3.05, 3.63) is 23.7 Å². The minimum Gasteiger partial charge on any atom is -0.455 e. The normalized spacial score (nSPS) is 23.9. The third-order valence-electron chi connectivity index (χ3n) is 2.89. The molecule has 1 aliphatic rings. The third-order valence-corrected chi connectivity index (χ3v) is 2.89. The van der Waals surface area contributed by atoms with Crippen LogP contribution in [0.25, 0.3) is 0 Å². The van der Waals surface area contributed by atoms with E-state index in [0.717, 1.165) is 12.5 Å². The van der Waals surface area contributed by atoms with Gasteiger partial charge in [-0.2, -0.15) is 0 Å². The van der Waals surface area contributed by atoms with Crippen LogP contribution in [0.3, 0.4) is 0 Å². The quantitative estimate of drug-likeness (QED) is 0.779. The summed E-state index contributed by atoms with van der Waals surface area (Å²) in [5.74, 6) is 2.25. The molecular formula is C11H16N2O2. The van der Waals surface area contributed by atoms with E-state index in [1.54, 1.807) is 12.1 Å². The van der Waals surface area contributed by atoms with Gasteiger partial charge in [0.05, 0.1) is 6.54 Å². The molecule has 2 unspecified atom stereocenters. The molecule has 4 heteroatoms. The lowest BCUT2D eigenvalue weighted by Gasteiger charge is -2.01. The van der Waals surface area contributed by atoms with E-state index in [2.05, 4.69) is 12.2 Å². The summed E-state index contributed by atoms with van der Waals surface area (Å²) in [6.07, 6.45) is 1.21. The van der Waals surface area contributed by atoms with Gasteiger partial charge in [-0.05, 0) is 30.4 Å². The van der Waals surface area contributed by atoms with Crippen molar-refractivity contribution < 1.29 is 9.21 Å². The second-order valence-corrected chi connectivity index (χ2v) is 4.15. The molecule has 1 aromatic heterocycles. The van der Waals surface area contributed by atoms with Crippen LogP contribution < -0.4 is 11.1 Å². The first-order valence-electron chi connectivity index (χ1n) is 5.27. The van der Waals surface area contributed by atoms with Crippen molar-refractivity contribution in [2.45, 2.75) is 19.9 Å². The highest BCUT2D eigenvalue weighted by Gasteiger charge is 2.32. The molecule has 0 aromatic carbocycles. The molecule has 82 valence electrons. The van der Waals surface area contributed by atoms with Gasteiger partial charge in [0.25, 0.3) is 5.91 Å². The fraction of sp³-hybridized carbons (Fsp3) is 0.545. The molecular weight excluding hydrogens is 192 g/mol. The molecule has 0 aliphatic heterocycles. The minimum atomic E-state index is -0.145. The van der Waals surface area contributed by atoms with Gasteiger partial charge >= 0.3 is 0 Å². The summed E-state index contributed by atoms with van der Waals surface area (Å²) in [6, 6.07) is 3.39. The summed E-state index contributed by atoms with van der Waals surface area (Å²) in [5, 5.41) is 2.86. The maximum Gasteiger partial charge on any atom is 0.287 e. The van der Waals surface area contributed by atoms with Gasteiger partial charge in [-0.25, -0.2) is 0 Å². The molecule has 0 bridgehead atoms. The standard InChI is InChI=1S/C11H16N2O2/c1-7-4-8(7)6-13-11(14)10-3-2-9(5-12)15-10/h2-3,7-8H,4-6,12H2,1H3,(H,13,14). The van der Waals surface area contributed by atoms with Crippen molar-refractivity contribution in [1.82, 2.24) is 5.32 Å². The van der Waals surface area contributed by atoms with Gasteiger partial charge in [0.1, 0.15) is 5.76 Å². The van der Waals surface area contributed by atoms with Gasteiger partial charge in [-0.15, -0.1) is 0 Å². The van der Waals surface area contributed by atoms with Crippen molar-refractivity contribution in [2.75, 3.05) is 6.54 Å². The predicted octanol–water partition coefficient (Wildman–Crippen LogP) is 1.12. The Balaban J connectivity index is 1.84. The first-order chi connectivity index (χ1) is 7.20. The Labute approximate surface area is 88.8 Å². The van der Waals surface area contributed by atoms with E-state index in [4.69, 9.17) is 10.2 Å². The van der Waals surface area contributed by atoms with Gasteiger partial charge in [0.15, 0.2) is 5.76 Å². The van der Waals surface area contributed by atoms with Crippen molar-refractivity contribution in [3.8, 4) is 0 Å². The van der Waals surface area contributed by atoms with Gasteiger partial charge in [0, 0.05) is 6.54 Å². The number of hydrogen-bond donors (Lipinski definition) is 2. The molecule has 0 radical (unpaired) electrons. The number of rotatable bonds is 4. The SMILES string of the molecule is CC1CC1CNC(=O)c1ccc(CN)o1. The first-order valence-corrected chi connectivity index (χ1v) is 5.27. The zero-order valence-corrected chi connectivity index (χ0v) is 8.82. The average molecular weight is 208 g/mol. The summed E-state index contributed by atoms with van der Waals surface area (Å²) in [5.41, 5.74) is 5.39. The summed E-state index contributed by atoms with van der Waals surface area (Å²) < 4.78 is 5.24. The Bertz CT molecular complexity index is 359. The van der Waals surface area contributed by atoms with Gasteiger partial charge in [0.2, 0.25) is 0 Å². The fourth-order valence-electron chi connectivity index (χ4n) is 1.60. The number of carbonyl (C=O) groups excluding carboxylic acids is 1. The highest BCUT2D eigenvalue weighted by atomic mass is 16.4. The van der Waals surface area contributed by atoms with Crippen molar-refractivity contribution in [3.63, 3.8) is 0 Å². The van der Waals surface area contributed by atoms with E-state index in [1.165, 1.54) is 6.42 Å². The van der Waals surface area contributed by atoms with E-state index in [-0.39, 0.29) is 5.91 Å². The van der Waals surface area contributed by atoms with Crippen LogP contribution in [0.5, 0.6) is 0 Å². The number of amides is 1. The third kappa shape index (κ3) is 2.39. The molecule has 4 nitrogen and oxygen atoms in total. The molecule has 0 spiro atoms. The van der Waals surface area contributed by atoms with E-state index < -0.39 is 0 Å². The highest BCUT2D eigenvalue weighted by Crippen LogP contribution is 2.36. The molecule has 0 saturated heterocycles. The molecule has 1 aromatic rings. The number of carbonyl (C=O) groups is 1. The molecule has 1 aliphatic carbocycles. The lowest BCUT2D eigenvalue weighted by molar-refractivity contribution is 0.0922. The van der Waals surface area contributed by atoms with Crippen molar-refractivity contribution in [1.29, 1.82) is 0 Å². The van der Waals surface area contributed by atoms with Gasteiger partial charge < -0.3 is 15.5 Å². The molecule has 1 fully saturated rings. The Morgan fingerprint density at radius 1 is 1.67 bits per heavy atom. The fourth-order valence-corrected chi connectivity index (χ4v) is 1.60. The molecule has 1 amide bonds. The van der Waals surface area contributed by atoms with E-state index in [0.29, 0.717) is 24.0 Å². The molecule has 15 heavy (non-hydrogen) atoms. The van der Waals surface area contributed by atoms with E-state index in [9.17, 15) is 4.79 Å². The van der Waals surface area contributed by atoms with Crippen LogP contribution in [-0.4, -0.2) is 12.5 Å². The topological polar surface area (TPSA) is 68.3 Å². The zero-order chi connectivity index (χ0) is 10.8. The van der Waals surface area contributed by atoms with Gasteiger partial charge in [-0.1, -0.05) is 6.92 Å². The monoisotopic (exact) mass is 208 g/mol. The number of nitrogens with two attached hydrogens (primary N) is 1. The van der Waals surface area contributed by atoms with Crippen LogP contribution in [0.15, 0.2) is 16.5 Å². The molecule has 2 atom stereocenters. The Morgan fingerprint density at radius 2 is 2.40 bits per heavy atom. The van der Waals surface area contributed by atoms with Crippen molar-refractivity contribution in [2.24, 2.45) is 17.6 Å². The van der Waals surface area contributed by atoms with E-state index in [1.807, 2.05) is 0 Å². The summed E-state index contributed by atoms with van der Waals surface area (Å²) >= 11 is 0. The molecule has 1 saturated carbocycles. The Kier molecular flexibility index (Phi) is 2.77. The largest absolute Gasteiger partial charge is 0.455 e. The summed E-state index contributed by atoms with van der Waals surface area (Å²) in [6.45, 7) is 3.27. The van der Waals surface area contributed by atoms with Crippen LogP contribution in [0.1, 0.15) is 29.7 Å². The number of nitrogens with one attached hydrogen (secondary N) is 1. The zero-order valence-electron chi connectivity index (χ0n) is 8.82.